The zero-order chi connectivity index (χ0) is 17.6. The van der Waals surface area contributed by atoms with E-state index in [1.165, 1.54) is 77.0 Å². The minimum Gasteiger partial charge on any atom is -0.0654 e. The largest absolute Gasteiger partial charge is 0.0654 e. The molecule has 0 heteroatoms. The fourth-order valence-electron chi connectivity index (χ4n) is 3.27. The van der Waals surface area contributed by atoms with E-state index in [0.29, 0.717) is 0 Å². The highest BCUT2D eigenvalue weighted by Crippen LogP contribution is 2.29. The molecule has 0 nitrogen and oxygen atoms in total. The van der Waals surface area contributed by atoms with Gasteiger partial charge in [0.2, 0.25) is 0 Å². The number of allylic oxidation sites excluding steroid dienone is 8. The first-order chi connectivity index (χ1) is 11.8. The number of unbranched alkanes of at least 4 members (excludes halogenated alkanes) is 4. The predicted octanol–water partition coefficient (Wildman–Crippen LogP) is 8.47. The lowest BCUT2D eigenvalue weighted by Gasteiger charge is -2.17. The molecule has 0 aromatic heterocycles. The molecule has 0 heterocycles. The van der Waals surface area contributed by atoms with E-state index in [-0.39, 0.29) is 0 Å². The maximum absolute atomic E-state index is 2.46. The number of hydrogen-bond acceptors (Lipinski definition) is 0. The molecule has 0 unspecified atom stereocenters. The van der Waals surface area contributed by atoms with E-state index in [2.05, 4.69) is 52.0 Å². The molecular weight excluding hydrogens is 288 g/mol. The molecule has 0 aromatic rings. The molecule has 0 N–H and O–H groups in total. The minimum atomic E-state index is 1.24. The Balaban J connectivity index is 3.06. The molecule has 136 valence electrons. The van der Waals surface area contributed by atoms with Gasteiger partial charge in [-0.25, -0.2) is 0 Å². The zero-order valence-corrected chi connectivity index (χ0v) is 16.8. The predicted molar refractivity (Wildman–Crippen MR) is 110 cm³/mol. The quantitative estimate of drug-likeness (QED) is 0.337. The Kier molecular flexibility index (Phi) is 11.6. The molecular formula is C24H40. The average molecular weight is 329 g/mol. The van der Waals surface area contributed by atoms with Crippen LogP contribution in [-0.2, 0) is 0 Å². The summed E-state index contributed by atoms with van der Waals surface area (Å²) in [6, 6.07) is 0. The van der Waals surface area contributed by atoms with Crippen LogP contribution in [0.1, 0.15) is 105 Å². The van der Waals surface area contributed by atoms with Gasteiger partial charge < -0.3 is 0 Å². The van der Waals surface area contributed by atoms with Crippen molar-refractivity contribution in [3.05, 3.63) is 46.6 Å². The van der Waals surface area contributed by atoms with Gasteiger partial charge in [0.05, 0.1) is 0 Å². The molecule has 24 heavy (non-hydrogen) atoms. The highest BCUT2D eigenvalue weighted by atomic mass is 14.2. The lowest BCUT2D eigenvalue weighted by Crippen LogP contribution is -1.97. The maximum atomic E-state index is 2.46. The molecule has 0 amide bonds. The van der Waals surface area contributed by atoms with E-state index < -0.39 is 0 Å². The summed E-state index contributed by atoms with van der Waals surface area (Å²) < 4.78 is 0. The molecule has 0 aliphatic heterocycles. The third-order valence-electron chi connectivity index (χ3n) is 4.99. The molecule has 1 aliphatic carbocycles. The van der Waals surface area contributed by atoms with Crippen LogP contribution in [0.15, 0.2) is 46.6 Å². The van der Waals surface area contributed by atoms with Crippen molar-refractivity contribution in [3.8, 4) is 0 Å². The van der Waals surface area contributed by atoms with E-state index in [0.717, 1.165) is 0 Å². The first kappa shape index (κ1) is 21.0. The minimum absolute atomic E-state index is 1.24. The summed E-state index contributed by atoms with van der Waals surface area (Å²) in [7, 11) is 0. The van der Waals surface area contributed by atoms with Crippen LogP contribution in [0.3, 0.4) is 0 Å². The van der Waals surface area contributed by atoms with Gasteiger partial charge in [-0.2, -0.15) is 0 Å². The van der Waals surface area contributed by atoms with Gasteiger partial charge in [0.15, 0.2) is 0 Å². The van der Waals surface area contributed by atoms with E-state index >= 15 is 0 Å². The Bertz CT molecular complexity index is 368. The van der Waals surface area contributed by atoms with E-state index in [1.807, 2.05) is 0 Å². The van der Waals surface area contributed by atoms with Crippen molar-refractivity contribution in [2.24, 2.45) is 0 Å². The molecule has 1 rings (SSSR count). The lowest BCUT2D eigenvalue weighted by molar-refractivity contribution is 0.744. The van der Waals surface area contributed by atoms with Crippen molar-refractivity contribution in [1.29, 1.82) is 0 Å². The average Bonchev–Trinajstić information content (AvgIpc) is 2.59. The SMILES string of the molecule is CCCCC1=C/C=C(CCCC)\C(CCCC)=C/C=C\1CCCC. The lowest BCUT2D eigenvalue weighted by atomic mass is 9.89. The second-order valence-electron chi connectivity index (χ2n) is 7.18. The fraction of sp³-hybridized carbons (Fsp3) is 0.667. The summed E-state index contributed by atoms with van der Waals surface area (Å²) in [6.07, 6.45) is 25.1. The molecule has 0 radical (unpaired) electrons. The standard InChI is InChI=1S/C24H40/c1-5-9-13-21-17-18-23(15-11-7-3)24(16-12-8-4)20-19-22(21)14-10-6-2/h17-20H,5-16H2,1-4H3/b18-17?,20-19?,21-17-,22-19-,22-21?,23-18-,24-20-,24-23?. The van der Waals surface area contributed by atoms with Gasteiger partial charge in [0, 0.05) is 0 Å². The molecule has 0 bridgehead atoms. The van der Waals surface area contributed by atoms with Crippen LogP contribution in [0.2, 0.25) is 0 Å². The molecule has 0 fully saturated rings. The van der Waals surface area contributed by atoms with Crippen LogP contribution in [-0.4, -0.2) is 0 Å². The molecule has 0 atom stereocenters. The van der Waals surface area contributed by atoms with Gasteiger partial charge in [0.1, 0.15) is 0 Å². The van der Waals surface area contributed by atoms with Gasteiger partial charge in [-0.15, -0.1) is 0 Å². The van der Waals surface area contributed by atoms with Crippen LogP contribution >= 0.6 is 0 Å². The second-order valence-corrected chi connectivity index (χ2v) is 7.18. The summed E-state index contributed by atoms with van der Waals surface area (Å²) in [6.45, 7) is 9.18. The molecule has 1 aliphatic rings. The summed E-state index contributed by atoms with van der Waals surface area (Å²) >= 11 is 0. The van der Waals surface area contributed by atoms with E-state index in [9.17, 15) is 0 Å². The summed E-state index contributed by atoms with van der Waals surface area (Å²) in [5.41, 5.74) is 6.35. The molecule has 0 saturated heterocycles. The Morgan fingerprint density at radius 1 is 0.417 bits per heavy atom. The van der Waals surface area contributed by atoms with Crippen molar-refractivity contribution in [3.63, 3.8) is 0 Å². The zero-order valence-electron chi connectivity index (χ0n) is 16.8. The van der Waals surface area contributed by atoms with Crippen molar-refractivity contribution >= 4 is 0 Å². The van der Waals surface area contributed by atoms with Crippen LogP contribution in [0.25, 0.3) is 0 Å². The van der Waals surface area contributed by atoms with Gasteiger partial charge >= 0.3 is 0 Å². The first-order valence-corrected chi connectivity index (χ1v) is 10.6. The Morgan fingerprint density at radius 2 is 0.625 bits per heavy atom. The van der Waals surface area contributed by atoms with Gasteiger partial charge in [0.25, 0.3) is 0 Å². The van der Waals surface area contributed by atoms with Crippen LogP contribution < -0.4 is 0 Å². The third-order valence-corrected chi connectivity index (χ3v) is 4.99. The Labute approximate surface area is 151 Å². The van der Waals surface area contributed by atoms with Crippen molar-refractivity contribution in [1.82, 2.24) is 0 Å². The summed E-state index contributed by atoms with van der Waals surface area (Å²) in [5, 5.41) is 0. The topological polar surface area (TPSA) is 0 Å². The van der Waals surface area contributed by atoms with Crippen LogP contribution in [0.5, 0.6) is 0 Å². The van der Waals surface area contributed by atoms with Crippen molar-refractivity contribution in [2.75, 3.05) is 0 Å². The Morgan fingerprint density at radius 3 is 0.792 bits per heavy atom. The molecule has 0 aromatic carbocycles. The normalized spacial score (nSPS) is 23.8. The van der Waals surface area contributed by atoms with E-state index in [1.54, 1.807) is 22.3 Å². The first-order valence-electron chi connectivity index (χ1n) is 10.6. The second kappa shape index (κ2) is 13.3. The van der Waals surface area contributed by atoms with Crippen LogP contribution in [0, 0.1) is 0 Å². The fourth-order valence-corrected chi connectivity index (χ4v) is 3.27. The Hall–Kier alpha value is -1.04. The number of rotatable bonds is 12. The van der Waals surface area contributed by atoms with Crippen molar-refractivity contribution < 1.29 is 0 Å². The highest BCUT2D eigenvalue weighted by molar-refractivity contribution is 5.45. The van der Waals surface area contributed by atoms with Crippen molar-refractivity contribution in [2.45, 2.75) is 105 Å². The summed E-state index contributed by atoms with van der Waals surface area (Å²) in [4.78, 5) is 0. The molecule has 0 saturated carbocycles. The van der Waals surface area contributed by atoms with Crippen LogP contribution in [0.4, 0.5) is 0 Å². The maximum Gasteiger partial charge on any atom is -0.0276 e. The molecule has 0 spiro atoms. The van der Waals surface area contributed by atoms with Gasteiger partial charge in [-0.1, -0.05) is 77.7 Å². The number of hydrogen-bond donors (Lipinski definition) is 0. The highest BCUT2D eigenvalue weighted by Gasteiger charge is 2.10. The summed E-state index contributed by atoms with van der Waals surface area (Å²) in [5.74, 6) is 0. The van der Waals surface area contributed by atoms with Gasteiger partial charge in [-0.3, -0.25) is 0 Å². The smallest absolute Gasteiger partial charge is 0.0276 e. The van der Waals surface area contributed by atoms with E-state index in [4.69, 9.17) is 0 Å². The van der Waals surface area contributed by atoms with Gasteiger partial charge in [-0.05, 0) is 73.7 Å². The monoisotopic (exact) mass is 328 g/mol. The third kappa shape index (κ3) is 7.69.